The fourth-order valence-electron chi connectivity index (χ4n) is 2.83. The standard InChI is InChI=1S/C17H15BrN2O/c1-21-17-9-12(6-5-11(17)10-19)20-16-8-7-13-14(16)3-2-4-15(13)18/h2-6,9,16,20H,7-8H2,1H3/t16-/m0/s1. The van der Waals surface area contributed by atoms with Crippen molar-refractivity contribution < 1.29 is 4.74 Å². The van der Waals surface area contributed by atoms with Crippen molar-refractivity contribution >= 4 is 21.6 Å². The molecule has 0 bridgehead atoms. The van der Waals surface area contributed by atoms with E-state index in [1.54, 1.807) is 13.2 Å². The zero-order valence-corrected chi connectivity index (χ0v) is 13.3. The Bertz CT molecular complexity index is 721. The molecule has 0 saturated carbocycles. The van der Waals surface area contributed by atoms with Crippen molar-refractivity contribution in [3.8, 4) is 11.8 Å². The molecule has 0 saturated heterocycles. The van der Waals surface area contributed by atoms with Crippen LogP contribution in [0.1, 0.15) is 29.2 Å². The Balaban J connectivity index is 1.87. The van der Waals surface area contributed by atoms with Crippen LogP contribution in [0.15, 0.2) is 40.9 Å². The molecule has 2 aromatic rings. The van der Waals surface area contributed by atoms with E-state index in [1.807, 2.05) is 12.1 Å². The van der Waals surface area contributed by atoms with E-state index >= 15 is 0 Å². The van der Waals surface area contributed by atoms with Gasteiger partial charge in [-0.25, -0.2) is 0 Å². The third kappa shape index (κ3) is 2.62. The van der Waals surface area contributed by atoms with Crippen molar-refractivity contribution in [2.45, 2.75) is 18.9 Å². The lowest BCUT2D eigenvalue weighted by molar-refractivity contribution is 0.413. The summed E-state index contributed by atoms with van der Waals surface area (Å²) in [6.07, 6.45) is 2.14. The normalized spacial score (nSPS) is 16.1. The fraction of sp³-hybridized carbons (Fsp3) is 0.235. The summed E-state index contributed by atoms with van der Waals surface area (Å²) in [6, 6.07) is 14.4. The number of hydrogen-bond donors (Lipinski definition) is 1. The van der Waals surface area contributed by atoms with E-state index in [-0.39, 0.29) is 0 Å². The number of hydrogen-bond acceptors (Lipinski definition) is 3. The van der Waals surface area contributed by atoms with Crippen LogP contribution in [0, 0.1) is 11.3 Å². The lowest BCUT2D eigenvalue weighted by Crippen LogP contribution is -2.07. The second-order valence-electron chi connectivity index (χ2n) is 5.07. The molecule has 0 heterocycles. The Morgan fingerprint density at radius 3 is 2.95 bits per heavy atom. The molecular weight excluding hydrogens is 328 g/mol. The molecule has 106 valence electrons. The Morgan fingerprint density at radius 2 is 2.19 bits per heavy atom. The number of nitrogens with one attached hydrogen (secondary N) is 1. The van der Waals surface area contributed by atoms with Gasteiger partial charge in [-0.2, -0.15) is 5.26 Å². The third-order valence-corrected chi connectivity index (χ3v) is 4.62. The van der Waals surface area contributed by atoms with Crippen molar-refractivity contribution in [2.24, 2.45) is 0 Å². The summed E-state index contributed by atoms with van der Waals surface area (Å²) in [6.45, 7) is 0. The van der Waals surface area contributed by atoms with Crippen molar-refractivity contribution in [3.05, 3.63) is 57.6 Å². The van der Waals surface area contributed by atoms with E-state index in [4.69, 9.17) is 10.00 Å². The van der Waals surface area contributed by atoms with E-state index < -0.39 is 0 Å². The van der Waals surface area contributed by atoms with E-state index in [0.29, 0.717) is 17.4 Å². The maximum atomic E-state index is 9.03. The molecule has 0 amide bonds. The fourth-order valence-corrected chi connectivity index (χ4v) is 3.41. The Morgan fingerprint density at radius 1 is 1.33 bits per heavy atom. The summed E-state index contributed by atoms with van der Waals surface area (Å²) in [7, 11) is 1.59. The predicted molar refractivity (Wildman–Crippen MR) is 86.5 cm³/mol. The van der Waals surface area contributed by atoms with Crippen LogP contribution in [0.5, 0.6) is 5.75 Å². The monoisotopic (exact) mass is 342 g/mol. The topological polar surface area (TPSA) is 45.0 Å². The lowest BCUT2D eigenvalue weighted by atomic mass is 10.1. The summed E-state index contributed by atoms with van der Waals surface area (Å²) < 4.78 is 6.44. The average Bonchev–Trinajstić information content (AvgIpc) is 2.92. The number of ether oxygens (including phenoxy) is 1. The van der Waals surface area contributed by atoms with Crippen LogP contribution in [-0.2, 0) is 6.42 Å². The van der Waals surface area contributed by atoms with Gasteiger partial charge in [-0.3, -0.25) is 0 Å². The van der Waals surface area contributed by atoms with Crippen LogP contribution in [0.25, 0.3) is 0 Å². The number of benzene rings is 2. The number of rotatable bonds is 3. The first-order valence-electron chi connectivity index (χ1n) is 6.85. The van der Waals surface area contributed by atoms with Crippen molar-refractivity contribution in [3.63, 3.8) is 0 Å². The molecule has 0 spiro atoms. The van der Waals surface area contributed by atoms with Gasteiger partial charge in [0.15, 0.2) is 0 Å². The Labute approximate surface area is 132 Å². The third-order valence-electron chi connectivity index (χ3n) is 3.88. The van der Waals surface area contributed by atoms with E-state index in [1.165, 1.54) is 15.6 Å². The quantitative estimate of drug-likeness (QED) is 0.897. The molecule has 4 heteroatoms. The first-order valence-corrected chi connectivity index (χ1v) is 7.64. The van der Waals surface area contributed by atoms with Crippen molar-refractivity contribution in [1.29, 1.82) is 5.26 Å². The van der Waals surface area contributed by atoms with Gasteiger partial charge in [-0.05, 0) is 42.2 Å². The van der Waals surface area contributed by atoms with E-state index in [2.05, 4.69) is 45.5 Å². The predicted octanol–water partition coefficient (Wildman–Crippen LogP) is 4.43. The highest BCUT2D eigenvalue weighted by Crippen LogP contribution is 2.38. The number of anilines is 1. The molecule has 0 aromatic heterocycles. The van der Waals surface area contributed by atoms with Crippen molar-refractivity contribution in [2.75, 3.05) is 12.4 Å². The Kier molecular flexibility index (Phi) is 3.85. The van der Waals surface area contributed by atoms with Gasteiger partial charge >= 0.3 is 0 Å². The summed E-state index contributed by atoms with van der Waals surface area (Å²) in [5.74, 6) is 0.606. The largest absolute Gasteiger partial charge is 0.495 e. The number of methoxy groups -OCH3 is 1. The molecule has 1 N–H and O–H groups in total. The van der Waals surface area contributed by atoms with Crippen LogP contribution in [0.2, 0.25) is 0 Å². The summed E-state index contributed by atoms with van der Waals surface area (Å²) in [5, 5.41) is 12.6. The van der Waals surface area contributed by atoms with Gasteiger partial charge in [-0.15, -0.1) is 0 Å². The van der Waals surface area contributed by atoms with Gasteiger partial charge in [-0.1, -0.05) is 28.1 Å². The summed E-state index contributed by atoms with van der Waals surface area (Å²) in [5.41, 5.74) is 4.25. The molecule has 2 aromatic carbocycles. The molecule has 1 atom stereocenters. The number of nitriles is 1. The average molecular weight is 343 g/mol. The van der Waals surface area contributed by atoms with Crippen LogP contribution < -0.4 is 10.1 Å². The van der Waals surface area contributed by atoms with Crippen LogP contribution in [-0.4, -0.2) is 7.11 Å². The molecule has 1 aliphatic carbocycles. The molecular formula is C17H15BrN2O. The molecule has 0 fully saturated rings. The molecule has 0 aliphatic heterocycles. The summed E-state index contributed by atoms with van der Waals surface area (Å²) >= 11 is 3.62. The second-order valence-corrected chi connectivity index (χ2v) is 5.92. The number of fused-ring (bicyclic) bond motifs is 1. The molecule has 3 rings (SSSR count). The number of nitrogens with zero attached hydrogens (tertiary/aromatic N) is 1. The highest BCUT2D eigenvalue weighted by Gasteiger charge is 2.23. The van der Waals surface area contributed by atoms with Crippen LogP contribution in [0.4, 0.5) is 5.69 Å². The van der Waals surface area contributed by atoms with Gasteiger partial charge in [0.2, 0.25) is 0 Å². The van der Waals surface area contributed by atoms with Gasteiger partial charge in [0, 0.05) is 16.2 Å². The highest BCUT2D eigenvalue weighted by atomic mass is 79.9. The second kappa shape index (κ2) is 5.79. The number of halogens is 1. The van der Waals surface area contributed by atoms with Gasteiger partial charge in [0.1, 0.15) is 11.8 Å². The van der Waals surface area contributed by atoms with Crippen molar-refractivity contribution in [1.82, 2.24) is 0 Å². The maximum absolute atomic E-state index is 9.03. The molecule has 0 radical (unpaired) electrons. The zero-order chi connectivity index (χ0) is 14.8. The zero-order valence-electron chi connectivity index (χ0n) is 11.7. The molecule has 0 unspecified atom stereocenters. The molecule has 3 nitrogen and oxygen atoms in total. The molecule has 21 heavy (non-hydrogen) atoms. The van der Waals surface area contributed by atoms with Gasteiger partial charge in [0.05, 0.1) is 18.7 Å². The smallest absolute Gasteiger partial charge is 0.138 e. The minimum Gasteiger partial charge on any atom is -0.495 e. The maximum Gasteiger partial charge on any atom is 0.138 e. The lowest BCUT2D eigenvalue weighted by Gasteiger charge is -2.16. The highest BCUT2D eigenvalue weighted by molar-refractivity contribution is 9.10. The van der Waals surface area contributed by atoms with Crippen LogP contribution >= 0.6 is 15.9 Å². The minimum atomic E-state index is 0.301. The first kappa shape index (κ1) is 14.0. The SMILES string of the molecule is COc1cc(N[C@H]2CCc3c(Br)cccc32)ccc1C#N. The molecule has 1 aliphatic rings. The minimum absolute atomic E-state index is 0.301. The van der Waals surface area contributed by atoms with E-state index in [0.717, 1.165) is 18.5 Å². The van der Waals surface area contributed by atoms with Crippen LogP contribution in [0.3, 0.4) is 0 Å². The van der Waals surface area contributed by atoms with Gasteiger partial charge in [0.25, 0.3) is 0 Å². The first-order chi connectivity index (χ1) is 10.2. The van der Waals surface area contributed by atoms with Gasteiger partial charge < -0.3 is 10.1 Å². The summed E-state index contributed by atoms with van der Waals surface area (Å²) in [4.78, 5) is 0. The van der Waals surface area contributed by atoms with E-state index in [9.17, 15) is 0 Å². The Hall–Kier alpha value is -1.99.